The molecule has 1 saturated carbocycles. The average Bonchev–Trinajstić information content (AvgIpc) is 3.30. The highest BCUT2D eigenvalue weighted by Crippen LogP contribution is 2.36. The van der Waals surface area contributed by atoms with Gasteiger partial charge in [-0.1, -0.05) is 42.6 Å². The lowest BCUT2D eigenvalue weighted by Crippen LogP contribution is -2.46. The lowest BCUT2D eigenvalue weighted by atomic mass is 10.0. The molecule has 0 radical (unpaired) electrons. The molecule has 0 bridgehead atoms. The third kappa shape index (κ3) is 3.43. The summed E-state index contributed by atoms with van der Waals surface area (Å²) in [4.78, 5) is 4.83. The van der Waals surface area contributed by atoms with Crippen molar-refractivity contribution in [1.29, 1.82) is 0 Å². The molecule has 2 aromatic rings. The van der Waals surface area contributed by atoms with Gasteiger partial charge in [-0.25, -0.2) is 4.68 Å². The maximum absolute atomic E-state index is 6.58. The SMILES string of the molecule is CN1CCN([C@H](c2ccccc2Cl)c2nnnn2C2CCCC2)CC1. The lowest BCUT2D eigenvalue weighted by Gasteiger charge is -2.38. The highest BCUT2D eigenvalue weighted by Gasteiger charge is 2.33. The summed E-state index contributed by atoms with van der Waals surface area (Å²) in [5.74, 6) is 0.935. The number of likely N-dealkylation sites (N-methyl/N-ethyl adjacent to an activating group) is 1. The largest absolute Gasteiger partial charge is 0.304 e. The van der Waals surface area contributed by atoms with Gasteiger partial charge in [-0.3, -0.25) is 4.90 Å². The standard InChI is InChI=1S/C18H25ClN6/c1-23-10-12-24(13-11-23)17(15-8-4-5-9-16(15)19)18-20-21-22-25(18)14-6-2-3-7-14/h4-5,8-9,14,17H,2-3,6-7,10-13H2,1H3/t17-/m1/s1. The number of aromatic nitrogens is 4. The third-order valence-electron chi connectivity index (χ3n) is 5.54. The Kier molecular flexibility index (Phi) is 5.01. The minimum Gasteiger partial charge on any atom is -0.304 e. The minimum atomic E-state index is 0.0120. The van der Waals surface area contributed by atoms with Crippen molar-refractivity contribution >= 4 is 11.6 Å². The van der Waals surface area contributed by atoms with Crippen LogP contribution in [0.2, 0.25) is 5.02 Å². The topological polar surface area (TPSA) is 50.1 Å². The first-order chi connectivity index (χ1) is 12.2. The van der Waals surface area contributed by atoms with Crippen molar-refractivity contribution in [2.24, 2.45) is 0 Å². The van der Waals surface area contributed by atoms with Crippen molar-refractivity contribution in [2.75, 3.05) is 33.2 Å². The van der Waals surface area contributed by atoms with E-state index in [2.05, 4.69) is 43.1 Å². The highest BCUT2D eigenvalue weighted by molar-refractivity contribution is 6.31. The van der Waals surface area contributed by atoms with Gasteiger partial charge in [0.05, 0.1) is 12.1 Å². The Morgan fingerprint density at radius 2 is 1.80 bits per heavy atom. The fourth-order valence-electron chi connectivity index (χ4n) is 4.07. The molecule has 2 heterocycles. The molecule has 0 amide bonds. The molecule has 0 spiro atoms. The van der Waals surface area contributed by atoms with Crippen molar-refractivity contribution < 1.29 is 0 Å². The van der Waals surface area contributed by atoms with E-state index in [1.54, 1.807) is 0 Å². The van der Waals surface area contributed by atoms with Gasteiger partial charge in [0.1, 0.15) is 0 Å². The van der Waals surface area contributed by atoms with Crippen LogP contribution in [0.25, 0.3) is 0 Å². The van der Waals surface area contributed by atoms with E-state index in [4.69, 9.17) is 11.6 Å². The van der Waals surface area contributed by atoms with E-state index in [1.165, 1.54) is 12.8 Å². The van der Waals surface area contributed by atoms with Crippen LogP contribution in [0.3, 0.4) is 0 Å². The first-order valence-electron chi connectivity index (χ1n) is 9.19. The predicted octanol–water partition coefficient (Wildman–Crippen LogP) is 2.78. The normalized spacial score (nSPS) is 21.7. The van der Waals surface area contributed by atoms with Crippen molar-refractivity contribution in [3.8, 4) is 0 Å². The number of hydrogen-bond acceptors (Lipinski definition) is 5. The maximum atomic E-state index is 6.58. The van der Waals surface area contributed by atoms with Crippen molar-refractivity contribution in [3.05, 3.63) is 40.7 Å². The summed E-state index contributed by atoms with van der Waals surface area (Å²) >= 11 is 6.58. The summed E-state index contributed by atoms with van der Waals surface area (Å²) in [5, 5.41) is 13.6. The van der Waals surface area contributed by atoms with Gasteiger partial charge >= 0.3 is 0 Å². The van der Waals surface area contributed by atoms with E-state index in [0.717, 1.165) is 55.4 Å². The quantitative estimate of drug-likeness (QED) is 0.839. The van der Waals surface area contributed by atoms with Gasteiger partial charge in [-0.15, -0.1) is 5.10 Å². The zero-order valence-electron chi connectivity index (χ0n) is 14.7. The Labute approximate surface area is 153 Å². The van der Waals surface area contributed by atoms with E-state index < -0.39 is 0 Å². The molecule has 2 fully saturated rings. The summed E-state index contributed by atoms with van der Waals surface area (Å²) in [6.45, 7) is 4.08. The first kappa shape index (κ1) is 16.9. The Bertz CT molecular complexity index is 703. The average molecular weight is 361 g/mol. The molecule has 1 aromatic heterocycles. The number of rotatable bonds is 4. The first-order valence-corrected chi connectivity index (χ1v) is 9.56. The van der Waals surface area contributed by atoms with E-state index in [0.29, 0.717) is 6.04 Å². The van der Waals surface area contributed by atoms with Gasteiger partial charge in [-0.2, -0.15) is 0 Å². The molecule has 1 saturated heterocycles. The second kappa shape index (κ2) is 7.40. The number of halogens is 1. The van der Waals surface area contributed by atoms with E-state index >= 15 is 0 Å². The maximum Gasteiger partial charge on any atom is 0.173 e. The third-order valence-corrected chi connectivity index (χ3v) is 5.88. The zero-order valence-corrected chi connectivity index (χ0v) is 15.4. The van der Waals surface area contributed by atoms with Gasteiger partial charge in [-0.05, 0) is 41.9 Å². The summed E-state index contributed by atoms with van der Waals surface area (Å²) < 4.78 is 2.07. The highest BCUT2D eigenvalue weighted by atomic mass is 35.5. The second-order valence-electron chi connectivity index (χ2n) is 7.18. The van der Waals surface area contributed by atoms with Crippen LogP contribution in [0.4, 0.5) is 0 Å². The van der Waals surface area contributed by atoms with Crippen LogP contribution in [0.1, 0.15) is 49.2 Å². The van der Waals surface area contributed by atoms with Crippen molar-refractivity contribution in [2.45, 2.75) is 37.8 Å². The smallest absolute Gasteiger partial charge is 0.173 e. The molecule has 1 atom stereocenters. The van der Waals surface area contributed by atoms with Crippen LogP contribution < -0.4 is 0 Å². The second-order valence-corrected chi connectivity index (χ2v) is 7.59. The summed E-state index contributed by atoms with van der Waals surface area (Å²) in [6.07, 6.45) is 4.84. The molecule has 0 N–H and O–H groups in total. The van der Waals surface area contributed by atoms with Crippen LogP contribution in [-0.4, -0.2) is 63.2 Å². The molecule has 1 aliphatic carbocycles. The number of tetrazole rings is 1. The number of hydrogen-bond donors (Lipinski definition) is 0. The Morgan fingerprint density at radius 3 is 2.52 bits per heavy atom. The van der Waals surface area contributed by atoms with Gasteiger partial charge in [0, 0.05) is 31.2 Å². The van der Waals surface area contributed by atoms with E-state index in [-0.39, 0.29) is 6.04 Å². The summed E-state index contributed by atoms with van der Waals surface area (Å²) in [6, 6.07) is 8.53. The minimum absolute atomic E-state index is 0.0120. The van der Waals surface area contributed by atoms with Crippen molar-refractivity contribution in [3.63, 3.8) is 0 Å². The Hall–Kier alpha value is -1.50. The molecular weight excluding hydrogens is 336 g/mol. The molecule has 1 aliphatic heterocycles. The molecule has 6 nitrogen and oxygen atoms in total. The molecule has 134 valence electrons. The van der Waals surface area contributed by atoms with Crippen LogP contribution in [0, 0.1) is 0 Å². The number of nitrogens with zero attached hydrogens (tertiary/aromatic N) is 6. The van der Waals surface area contributed by atoms with Crippen LogP contribution in [-0.2, 0) is 0 Å². The van der Waals surface area contributed by atoms with Gasteiger partial charge in [0.15, 0.2) is 5.82 Å². The number of piperazine rings is 1. The molecule has 7 heteroatoms. The van der Waals surface area contributed by atoms with Crippen molar-refractivity contribution in [1.82, 2.24) is 30.0 Å². The van der Waals surface area contributed by atoms with Crippen LogP contribution in [0.15, 0.2) is 24.3 Å². The summed E-state index contributed by atoms with van der Waals surface area (Å²) in [5.41, 5.74) is 1.10. The lowest BCUT2D eigenvalue weighted by molar-refractivity contribution is 0.120. The zero-order chi connectivity index (χ0) is 17.2. The Morgan fingerprint density at radius 1 is 1.08 bits per heavy atom. The van der Waals surface area contributed by atoms with Crippen LogP contribution in [0.5, 0.6) is 0 Å². The number of benzene rings is 1. The fraction of sp³-hybridized carbons (Fsp3) is 0.611. The molecular formula is C18H25ClN6. The molecule has 2 aliphatic rings. The molecule has 25 heavy (non-hydrogen) atoms. The Balaban J connectivity index is 1.73. The van der Waals surface area contributed by atoms with Gasteiger partial charge < -0.3 is 4.90 Å². The van der Waals surface area contributed by atoms with E-state index in [1.807, 2.05) is 18.2 Å². The predicted molar refractivity (Wildman–Crippen MR) is 97.7 cm³/mol. The van der Waals surface area contributed by atoms with Gasteiger partial charge in [0.25, 0.3) is 0 Å². The molecule has 1 aromatic carbocycles. The van der Waals surface area contributed by atoms with Crippen LogP contribution >= 0.6 is 11.6 Å². The molecule has 0 unspecified atom stereocenters. The summed E-state index contributed by atoms with van der Waals surface area (Å²) in [7, 11) is 2.17. The monoisotopic (exact) mass is 360 g/mol. The molecule has 4 rings (SSSR count). The van der Waals surface area contributed by atoms with E-state index in [9.17, 15) is 0 Å². The van der Waals surface area contributed by atoms with Gasteiger partial charge in [0.2, 0.25) is 0 Å². The fourth-order valence-corrected chi connectivity index (χ4v) is 4.30.